The van der Waals surface area contributed by atoms with Gasteiger partial charge in [-0.05, 0) is 26.0 Å². The molecule has 0 bridgehead atoms. The molecule has 0 saturated carbocycles. The van der Waals surface area contributed by atoms with Gasteiger partial charge in [-0.15, -0.1) is 0 Å². The van der Waals surface area contributed by atoms with Crippen molar-refractivity contribution < 1.29 is 9.59 Å². The van der Waals surface area contributed by atoms with E-state index in [4.69, 9.17) is 0 Å². The Morgan fingerprint density at radius 3 is 2.07 bits per heavy atom. The normalized spacial score (nSPS) is 9.57. The summed E-state index contributed by atoms with van der Waals surface area (Å²) in [4.78, 5) is 22.3. The van der Waals surface area contributed by atoms with Gasteiger partial charge < -0.3 is 5.32 Å². The molecule has 0 saturated heterocycles. The summed E-state index contributed by atoms with van der Waals surface area (Å²) in [6.07, 6.45) is 0. The number of hydrogen-bond donors (Lipinski definition) is 1. The summed E-state index contributed by atoms with van der Waals surface area (Å²) >= 11 is 0. The van der Waals surface area contributed by atoms with E-state index in [2.05, 4.69) is 5.32 Å². The molecule has 0 heterocycles. The first kappa shape index (κ1) is 10.4. The quantitative estimate of drug-likeness (QED) is 0.738. The third kappa shape index (κ3) is 2.42. The molecule has 14 heavy (non-hydrogen) atoms. The minimum atomic E-state index is -0.109. The smallest absolute Gasteiger partial charge is 0.251 e. The van der Waals surface area contributed by atoms with E-state index in [1.54, 1.807) is 24.3 Å². The van der Waals surface area contributed by atoms with Gasteiger partial charge in [0.1, 0.15) is 0 Å². The highest BCUT2D eigenvalue weighted by Gasteiger charge is 2.04. The van der Waals surface area contributed by atoms with Crippen LogP contribution in [0.1, 0.15) is 34.6 Å². The van der Waals surface area contributed by atoms with Crippen LogP contribution in [0.25, 0.3) is 0 Å². The summed E-state index contributed by atoms with van der Waals surface area (Å²) in [6, 6.07) is 6.63. The van der Waals surface area contributed by atoms with Crippen LogP contribution in [0.2, 0.25) is 0 Å². The molecule has 1 aromatic rings. The van der Waals surface area contributed by atoms with Crippen molar-refractivity contribution in [3.8, 4) is 0 Å². The van der Waals surface area contributed by atoms with Crippen LogP contribution < -0.4 is 5.32 Å². The Balaban J connectivity index is 2.83. The van der Waals surface area contributed by atoms with Crippen molar-refractivity contribution in [2.45, 2.75) is 13.8 Å². The number of Topliss-reactive ketones (excluding diaryl/α,β-unsaturated/α-hetero) is 1. The van der Waals surface area contributed by atoms with Crippen molar-refractivity contribution in [2.75, 3.05) is 6.54 Å². The SMILES string of the molecule is CCNC(=O)c1ccc(C(C)=O)cc1. The molecule has 1 rings (SSSR count). The molecule has 0 aliphatic rings. The highest BCUT2D eigenvalue weighted by molar-refractivity contribution is 5.97. The van der Waals surface area contributed by atoms with Crippen molar-refractivity contribution in [3.63, 3.8) is 0 Å². The molecule has 0 spiro atoms. The van der Waals surface area contributed by atoms with Crippen LogP contribution in [0.3, 0.4) is 0 Å². The topological polar surface area (TPSA) is 46.2 Å². The number of benzene rings is 1. The molecule has 1 N–H and O–H groups in total. The van der Waals surface area contributed by atoms with Gasteiger partial charge in [-0.1, -0.05) is 12.1 Å². The first-order valence-corrected chi connectivity index (χ1v) is 4.54. The Kier molecular flexibility index (Phi) is 3.40. The summed E-state index contributed by atoms with van der Waals surface area (Å²) in [7, 11) is 0. The third-order valence-electron chi connectivity index (χ3n) is 1.89. The van der Waals surface area contributed by atoms with Crippen molar-refractivity contribution in [2.24, 2.45) is 0 Å². The summed E-state index contributed by atoms with van der Waals surface area (Å²) in [5.41, 5.74) is 1.20. The first-order chi connectivity index (χ1) is 6.65. The van der Waals surface area contributed by atoms with Crippen LogP contribution in [0.4, 0.5) is 0 Å². The minimum absolute atomic E-state index is 0.00690. The van der Waals surface area contributed by atoms with Gasteiger partial charge in [0.15, 0.2) is 5.78 Å². The van der Waals surface area contributed by atoms with E-state index in [-0.39, 0.29) is 11.7 Å². The second kappa shape index (κ2) is 4.56. The van der Waals surface area contributed by atoms with Gasteiger partial charge in [0, 0.05) is 17.7 Å². The third-order valence-corrected chi connectivity index (χ3v) is 1.89. The molecule has 3 heteroatoms. The zero-order valence-electron chi connectivity index (χ0n) is 8.33. The van der Waals surface area contributed by atoms with E-state index in [1.807, 2.05) is 6.92 Å². The lowest BCUT2D eigenvalue weighted by atomic mass is 10.1. The molecular formula is C11H13NO2. The fourth-order valence-electron chi connectivity index (χ4n) is 1.12. The molecule has 74 valence electrons. The molecule has 0 aliphatic carbocycles. The number of carbonyl (C=O) groups excluding carboxylic acids is 2. The molecule has 0 aliphatic heterocycles. The second-order valence-corrected chi connectivity index (χ2v) is 2.99. The predicted octanol–water partition coefficient (Wildman–Crippen LogP) is 1.64. The predicted molar refractivity (Wildman–Crippen MR) is 54.5 cm³/mol. The number of hydrogen-bond acceptors (Lipinski definition) is 2. The fraction of sp³-hybridized carbons (Fsp3) is 0.273. The number of carbonyl (C=O) groups is 2. The Morgan fingerprint density at radius 2 is 1.64 bits per heavy atom. The Morgan fingerprint density at radius 1 is 1.14 bits per heavy atom. The van der Waals surface area contributed by atoms with E-state index in [0.29, 0.717) is 17.7 Å². The minimum Gasteiger partial charge on any atom is -0.352 e. The largest absolute Gasteiger partial charge is 0.352 e. The molecule has 0 atom stereocenters. The average Bonchev–Trinajstić information content (AvgIpc) is 2.18. The summed E-state index contributed by atoms with van der Waals surface area (Å²) in [5.74, 6) is -0.102. The fourth-order valence-corrected chi connectivity index (χ4v) is 1.12. The zero-order chi connectivity index (χ0) is 10.6. The van der Waals surface area contributed by atoms with Gasteiger partial charge in [-0.2, -0.15) is 0 Å². The van der Waals surface area contributed by atoms with Gasteiger partial charge in [-0.25, -0.2) is 0 Å². The molecule has 0 aromatic heterocycles. The maximum absolute atomic E-state index is 11.3. The first-order valence-electron chi connectivity index (χ1n) is 4.54. The molecule has 0 fully saturated rings. The van der Waals surface area contributed by atoms with Gasteiger partial charge in [-0.3, -0.25) is 9.59 Å². The lowest BCUT2D eigenvalue weighted by Gasteiger charge is -2.02. The lowest BCUT2D eigenvalue weighted by Crippen LogP contribution is -2.22. The van der Waals surface area contributed by atoms with E-state index in [0.717, 1.165) is 0 Å². The van der Waals surface area contributed by atoms with Crippen molar-refractivity contribution in [1.29, 1.82) is 0 Å². The van der Waals surface area contributed by atoms with Crippen LogP contribution in [-0.2, 0) is 0 Å². The number of amides is 1. The van der Waals surface area contributed by atoms with E-state index in [1.165, 1.54) is 6.92 Å². The monoisotopic (exact) mass is 191 g/mol. The maximum Gasteiger partial charge on any atom is 0.251 e. The molecule has 0 unspecified atom stereocenters. The van der Waals surface area contributed by atoms with Gasteiger partial charge >= 0.3 is 0 Å². The zero-order valence-corrected chi connectivity index (χ0v) is 8.33. The number of nitrogens with one attached hydrogen (secondary N) is 1. The van der Waals surface area contributed by atoms with Crippen LogP contribution in [0.15, 0.2) is 24.3 Å². The van der Waals surface area contributed by atoms with E-state index < -0.39 is 0 Å². The molecule has 3 nitrogen and oxygen atoms in total. The average molecular weight is 191 g/mol. The van der Waals surface area contributed by atoms with E-state index >= 15 is 0 Å². The lowest BCUT2D eigenvalue weighted by molar-refractivity contribution is 0.0953. The highest BCUT2D eigenvalue weighted by Crippen LogP contribution is 2.04. The maximum atomic E-state index is 11.3. The van der Waals surface area contributed by atoms with Crippen LogP contribution in [-0.4, -0.2) is 18.2 Å². The standard InChI is InChI=1S/C11H13NO2/c1-3-12-11(14)10-6-4-9(5-7-10)8(2)13/h4-7H,3H2,1-2H3,(H,12,14). The van der Waals surface area contributed by atoms with E-state index in [9.17, 15) is 9.59 Å². The Hall–Kier alpha value is -1.64. The Labute approximate surface area is 83.1 Å². The second-order valence-electron chi connectivity index (χ2n) is 2.99. The van der Waals surface area contributed by atoms with Crippen molar-refractivity contribution >= 4 is 11.7 Å². The summed E-state index contributed by atoms with van der Waals surface area (Å²) in [6.45, 7) is 3.97. The molecule has 1 amide bonds. The van der Waals surface area contributed by atoms with Gasteiger partial charge in [0.05, 0.1) is 0 Å². The van der Waals surface area contributed by atoms with Crippen molar-refractivity contribution in [3.05, 3.63) is 35.4 Å². The molecule has 1 aromatic carbocycles. The number of rotatable bonds is 3. The van der Waals surface area contributed by atoms with Crippen LogP contribution in [0, 0.1) is 0 Å². The van der Waals surface area contributed by atoms with Crippen LogP contribution in [0.5, 0.6) is 0 Å². The summed E-state index contributed by atoms with van der Waals surface area (Å²) in [5, 5.41) is 2.69. The van der Waals surface area contributed by atoms with Crippen LogP contribution >= 0.6 is 0 Å². The van der Waals surface area contributed by atoms with Gasteiger partial charge in [0.25, 0.3) is 5.91 Å². The molecule has 0 radical (unpaired) electrons. The van der Waals surface area contributed by atoms with Gasteiger partial charge in [0.2, 0.25) is 0 Å². The number of ketones is 1. The Bertz CT molecular complexity index is 341. The summed E-state index contributed by atoms with van der Waals surface area (Å²) < 4.78 is 0. The molecular weight excluding hydrogens is 178 g/mol. The van der Waals surface area contributed by atoms with Crippen molar-refractivity contribution in [1.82, 2.24) is 5.32 Å². The highest BCUT2D eigenvalue weighted by atomic mass is 16.1.